The van der Waals surface area contributed by atoms with Gasteiger partial charge in [0.25, 0.3) is 0 Å². The van der Waals surface area contributed by atoms with Gasteiger partial charge < -0.3 is 5.32 Å². The number of pyridine rings is 2. The molecule has 3 heterocycles. The molecule has 23 heavy (non-hydrogen) atoms. The summed E-state index contributed by atoms with van der Waals surface area (Å²) in [6.07, 6.45) is 3.13. The fraction of sp³-hybridized carbons (Fsp3) is 0.125. The van der Waals surface area contributed by atoms with Gasteiger partial charge in [-0.25, -0.2) is 14.6 Å². The lowest BCUT2D eigenvalue weighted by molar-refractivity contribution is -0.115. The number of carbonyl (C=O) groups excluding carboxylic acids is 1. The molecule has 0 aliphatic rings. The molecule has 3 aromatic heterocycles. The van der Waals surface area contributed by atoms with Crippen LogP contribution in [0.4, 0.5) is 10.1 Å². The van der Waals surface area contributed by atoms with E-state index >= 15 is 0 Å². The van der Waals surface area contributed by atoms with Gasteiger partial charge in [-0.1, -0.05) is 6.07 Å². The zero-order valence-electron chi connectivity index (χ0n) is 12.4. The predicted octanol–water partition coefficient (Wildman–Crippen LogP) is 2.29. The Balaban J connectivity index is 1.66. The number of rotatable bonds is 4. The first-order valence-corrected chi connectivity index (χ1v) is 7.00. The number of halogens is 1. The monoisotopic (exact) mass is 311 g/mol. The first-order valence-electron chi connectivity index (χ1n) is 7.00. The SMILES string of the molecule is Cc1cccc(-n2ccc(CC(=O)Nc3ccc(F)nc3)n2)n1. The number of nitrogens with zero attached hydrogens (tertiary/aromatic N) is 4. The zero-order valence-corrected chi connectivity index (χ0v) is 12.4. The van der Waals surface area contributed by atoms with Crippen molar-refractivity contribution in [3.05, 3.63) is 66.1 Å². The van der Waals surface area contributed by atoms with Crippen LogP contribution in [0.1, 0.15) is 11.4 Å². The molecule has 3 aromatic rings. The van der Waals surface area contributed by atoms with Gasteiger partial charge in [0, 0.05) is 11.9 Å². The van der Waals surface area contributed by atoms with Gasteiger partial charge >= 0.3 is 0 Å². The second kappa shape index (κ2) is 6.35. The van der Waals surface area contributed by atoms with Crippen molar-refractivity contribution in [1.29, 1.82) is 0 Å². The summed E-state index contributed by atoms with van der Waals surface area (Å²) >= 11 is 0. The van der Waals surface area contributed by atoms with Gasteiger partial charge in [0.2, 0.25) is 11.9 Å². The molecular formula is C16H14FN5O. The third kappa shape index (κ3) is 3.76. The van der Waals surface area contributed by atoms with Crippen molar-refractivity contribution >= 4 is 11.6 Å². The maximum atomic E-state index is 12.7. The molecule has 0 aromatic carbocycles. The van der Waals surface area contributed by atoms with Gasteiger partial charge in [0.1, 0.15) is 0 Å². The molecule has 7 heteroatoms. The molecule has 0 fully saturated rings. The molecule has 0 radical (unpaired) electrons. The second-order valence-electron chi connectivity index (χ2n) is 4.98. The third-order valence-electron chi connectivity index (χ3n) is 3.11. The largest absolute Gasteiger partial charge is 0.324 e. The number of hydrogen-bond acceptors (Lipinski definition) is 4. The number of aryl methyl sites for hydroxylation is 1. The summed E-state index contributed by atoms with van der Waals surface area (Å²) in [6.45, 7) is 1.90. The maximum absolute atomic E-state index is 12.7. The minimum Gasteiger partial charge on any atom is -0.324 e. The molecule has 0 bridgehead atoms. The number of amides is 1. The van der Waals surface area contributed by atoms with Crippen LogP contribution in [0.25, 0.3) is 5.82 Å². The van der Waals surface area contributed by atoms with E-state index in [9.17, 15) is 9.18 Å². The molecule has 0 saturated carbocycles. The van der Waals surface area contributed by atoms with Crippen LogP contribution in [-0.2, 0) is 11.2 Å². The molecule has 1 amide bonds. The van der Waals surface area contributed by atoms with Crippen molar-refractivity contribution < 1.29 is 9.18 Å². The number of hydrogen-bond donors (Lipinski definition) is 1. The van der Waals surface area contributed by atoms with E-state index in [4.69, 9.17) is 0 Å². The first-order chi connectivity index (χ1) is 11.1. The normalized spacial score (nSPS) is 10.5. The molecule has 0 saturated heterocycles. The van der Waals surface area contributed by atoms with Gasteiger partial charge in [-0.2, -0.15) is 9.49 Å². The van der Waals surface area contributed by atoms with Crippen molar-refractivity contribution in [2.45, 2.75) is 13.3 Å². The maximum Gasteiger partial charge on any atom is 0.230 e. The van der Waals surface area contributed by atoms with Crippen molar-refractivity contribution in [2.24, 2.45) is 0 Å². The van der Waals surface area contributed by atoms with E-state index in [0.717, 1.165) is 5.69 Å². The predicted molar refractivity (Wildman–Crippen MR) is 82.6 cm³/mol. The van der Waals surface area contributed by atoms with E-state index in [2.05, 4.69) is 20.4 Å². The van der Waals surface area contributed by atoms with E-state index in [0.29, 0.717) is 17.2 Å². The van der Waals surface area contributed by atoms with Crippen molar-refractivity contribution in [3.8, 4) is 5.82 Å². The molecule has 0 spiro atoms. The molecule has 0 atom stereocenters. The lowest BCUT2D eigenvalue weighted by atomic mass is 10.3. The van der Waals surface area contributed by atoms with Gasteiger partial charge in [0.05, 0.1) is 24.0 Å². The van der Waals surface area contributed by atoms with E-state index in [1.54, 1.807) is 16.9 Å². The average Bonchev–Trinajstić information content (AvgIpc) is 2.98. The lowest BCUT2D eigenvalue weighted by Crippen LogP contribution is -2.15. The minimum absolute atomic E-state index is 0.107. The van der Waals surface area contributed by atoms with E-state index in [-0.39, 0.29) is 12.3 Å². The fourth-order valence-electron chi connectivity index (χ4n) is 2.06. The van der Waals surface area contributed by atoms with Crippen molar-refractivity contribution in [1.82, 2.24) is 19.7 Å². The Labute approximate surface area is 132 Å². The summed E-state index contributed by atoms with van der Waals surface area (Å²) in [5, 5.41) is 6.98. The number of anilines is 1. The van der Waals surface area contributed by atoms with E-state index in [1.165, 1.54) is 18.3 Å². The Bertz CT molecular complexity index is 828. The summed E-state index contributed by atoms with van der Waals surface area (Å²) in [5.41, 5.74) is 1.94. The quantitative estimate of drug-likeness (QED) is 0.750. The van der Waals surface area contributed by atoms with Gasteiger partial charge in [-0.3, -0.25) is 4.79 Å². The molecule has 0 aliphatic carbocycles. The molecule has 116 valence electrons. The van der Waals surface area contributed by atoms with Crippen LogP contribution in [0.5, 0.6) is 0 Å². The molecule has 6 nitrogen and oxygen atoms in total. The minimum atomic E-state index is -0.590. The summed E-state index contributed by atoms with van der Waals surface area (Å²) in [4.78, 5) is 19.8. The van der Waals surface area contributed by atoms with Crippen LogP contribution in [0.15, 0.2) is 48.8 Å². The lowest BCUT2D eigenvalue weighted by Gasteiger charge is -2.03. The van der Waals surface area contributed by atoms with Crippen LogP contribution >= 0.6 is 0 Å². The highest BCUT2D eigenvalue weighted by molar-refractivity contribution is 5.91. The van der Waals surface area contributed by atoms with Crippen LogP contribution in [-0.4, -0.2) is 25.7 Å². The highest BCUT2D eigenvalue weighted by Crippen LogP contribution is 2.09. The van der Waals surface area contributed by atoms with Gasteiger partial charge in [0.15, 0.2) is 5.82 Å². The van der Waals surface area contributed by atoms with Gasteiger partial charge in [-0.05, 0) is 37.3 Å². The molecular weight excluding hydrogens is 297 g/mol. The second-order valence-corrected chi connectivity index (χ2v) is 4.98. The summed E-state index contributed by atoms with van der Waals surface area (Å²) in [5.74, 6) is -0.146. The fourth-order valence-corrected chi connectivity index (χ4v) is 2.06. The standard InChI is InChI=1S/C16H14FN5O/c1-11-3-2-4-15(19-11)22-8-7-12(21-22)9-16(23)20-13-5-6-14(17)18-10-13/h2-8,10H,9H2,1H3,(H,20,23). The van der Waals surface area contributed by atoms with Crippen LogP contribution in [0.3, 0.4) is 0 Å². The zero-order chi connectivity index (χ0) is 16.2. The topological polar surface area (TPSA) is 72.7 Å². The van der Waals surface area contributed by atoms with Crippen molar-refractivity contribution in [3.63, 3.8) is 0 Å². The highest BCUT2D eigenvalue weighted by Gasteiger charge is 2.08. The average molecular weight is 311 g/mol. The van der Waals surface area contributed by atoms with E-state index in [1.807, 2.05) is 25.1 Å². The van der Waals surface area contributed by atoms with Crippen LogP contribution in [0.2, 0.25) is 0 Å². The number of aromatic nitrogens is 4. The Hall–Kier alpha value is -3.09. The smallest absolute Gasteiger partial charge is 0.230 e. The summed E-state index contributed by atoms with van der Waals surface area (Å²) in [6, 6.07) is 10.0. The van der Waals surface area contributed by atoms with E-state index < -0.39 is 5.95 Å². The van der Waals surface area contributed by atoms with Crippen LogP contribution < -0.4 is 5.32 Å². The first kappa shape index (κ1) is 14.8. The van der Waals surface area contributed by atoms with Crippen molar-refractivity contribution in [2.75, 3.05) is 5.32 Å². The van der Waals surface area contributed by atoms with Gasteiger partial charge in [-0.15, -0.1) is 0 Å². The summed E-state index contributed by atoms with van der Waals surface area (Å²) < 4.78 is 14.3. The molecule has 3 rings (SSSR count). The Morgan fingerprint density at radius 1 is 1.26 bits per heavy atom. The molecule has 1 N–H and O–H groups in total. The van der Waals surface area contributed by atoms with Crippen LogP contribution in [0, 0.1) is 12.9 Å². The number of carbonyl (C=O) groups is 1. The Kier molecular flexibility index (Phi) is 4.09. The molecule has 0 aliphatic heterocycles. The highest BCUT2D eigenvalue weighted by atomic mass is 19.1. The Morgan fingerprint density at radius 3 is 2.87 bits per heavy atom. The molecule has 0 unspecified atom stereocenters. The third-order valence-corrected chi connectivity index (χ3v) is 3.11. The Morgan fingerprint density at radius 2 is 2.13 bits per heavy atom. The summed E-state index contributed by atoms with van der Waals surface area (Å²) in [7, 11) is 0. The number of nitrogens with one attached hydrogen (secondary N) is 1.